The molecular formula is C26H22FNO4S. The fraction of sp³-hybridized carbons (Fsp3) is 0.192. The van der Waals surface area contributed by atoms with E-state index in [2.05, 4.69) is 0 Å². The third-order valence-corrected chi connectivity index (χ3v) is 7.73. The molecule has 1 aliphatic carbocycles. The highest BCUT2D eigenvalue weighted by atomic mass is 32.2. The second kappa shape index (κ2) is 8.15. The number of rotatable bonds is 4. The van der Waals surface area contributed by atoms with Gasteiger partial charge in [-0.1, -0.05) is 17.7 Å². The minimum Gasteiger partial charge on any atom is -0.461 e. The Morgan fingerprint density at radius 2 is 1.64 bits per heavy atom. The van der Waals surface area contributed by atoms with Gasteiger partial charge in [0, 0.05) is 22.9 Å². The number of aryl methyl sites for hydroxylation is 3. The number of amides is 1. The van der Waals surface area contributed by atoms with Crippen molar-refractivity contribution in [3.8, 4) is 0 Å². The first-order valence-corrected chi connectivity index (χ1v) is 12.2. The van der Waals surface area contributed by atoms with Gasteiger partial charge in [-0.05, 0) is 80.8 Å². The molecule has 0 spiro atoms. The molecule has 168 valence electrons. The number of nitrogens with zero attached hydrogens (tertiary/aromatic N) is 1. The molecule has 0 atom stereocenters. The van der Waals surface area contributed by atoms with Crippen LogP contribution in [0.25, 0.3) is 11.0 Å². The van der Waals surface area contributed by atoms with Crippen LogP contribution in [0.4, 0.5) is 10.1 Å². The van der Waals surface area contributed by atoms with Crippen LogP contribution in [0.15, 0.2) is 76.0 Å². The van der Waals surface area contributed by atoms with Crippen molar-refractivity contribution >= 4 is 32.6 Å². The minimum atomic E-state index is -4.31. The van der Waals surface area contributed by atoms with Gasteiger partial charge in [0.15, 0.2) is 0 Å². The van der Waals surface area contributed by atoms with Crippen molar-refractivity contribution in [3.63, 3.8) is 0 Å². The summed E-state index contributed by atoms with van der Waals surface area (Å²) in [5.74, 6) is -0.320. The second-order valence-electron chi connectivity index (χ2n) is 8.29. The number of fused-ring (bicyclic) bond motifs is 3. The largest absolute Gasteiger partial charge is 0.461 e. The second-order valence-corrected chi connectivity index (χ2v) is 10.1. The van der Waals surface area contributed by atoms with Crippen molar-refractivity contribution in [2.45, 2.75) is 37.5 Å². The molecule has 33 heavy (non-hydrogen) atoms. The molecule has 0 bridgehead atoms. The number of carbonyl (C=O) groups is 1. The fourth-order valence-electron chi connectivity index (χ4n) is 4.27. The summed E-state index contributed by atoms with van der Waals surface area (Å²) in [4.78, 5) is 13.4. The summed E-state index contributed by atoms with van der Waals surface area (Å²) in [5, 5.41) is 0.818. The van der Waals surface area contributed by atoms with Crippen molar-refractivity contribution in [3.05, 3.63) is 95.0 Å². The number of anilines is 1. The Hall–Kier alpha value is -3.45. The lowest BCUT2D eigenvalue weighted by Gasteiger charge is -2.23. The van der Waals surface area contributed by atoms with Gasteiger partial charge >= 0.3 is 0 Å². The van der Waals surface area contributed by atoms with E-state index in [4.69, 9.17) is 4.42 Å². The lowest BCUT2D eigenvalue weighted by Crippen LogP contribution is -2.37. The van der Waals surface area contributed by atoms with E-state index < -0.39 is 21.7 Å². The molecule has 1 heterocycles. The number of hydrogen-bond acceptors (Lipinski definition) is 4. The molecule has 1 aromatic heterocycles. The van der Waals surface area contributed by atoms with E-state index in [1.54, 1.807) is 42.5 Å². The maximum Gasteiger partial charge on any atom is 0.272 e. The van der Waals surface area contributed by atoms with E-state index in [-0.39, 0.29) is 16.1 Å². The van der Waals surface area contributed by atoms with Crippen molar-refractivity contribution in [1.82, 2.24) is 0 Å². The lowest BCUT2D eigenvalue weighted by molar-refractivity contribution is 0.101. The predicted molar refractivity (Wildman–Crippen MR) is 124 cm³/mol. The zero-order valence-electron chi connectivity index (χ0n) is 18.0. The summed E-state index contributed by atoms with van der Waals surface area (Å²) in [7, 11) is -4.31. The fourth-order valence-corrected chi connectivity index (χ4v) is 5.67. The first-order chi connectivity index (χ1) is 15.8. The molecule has 5 nitrogen and oxygen atoms in total. The predicted octanol–water partition coefficient (Wildman–Crippen LogP) is 5.79. The van der Waals surface area contributed by atoms with Crippen LogP contribution in [0.1, 0.15) is 40.1 Å². The van der Waals surface area contributed by atoms with Crippen molar-refractivity contribution in [2.75, 3.05) is 4.31 Å². The Labute approximate surface area is 191 Å². The molecule has 0 radical (unpaired) electrons. The average molecular weight is 464 g/mol. The molecule has 4 aromatic rings. The van der Waals surface area contributed by atoms with E-state index in [0.29, 0.717) is 5.58 Å². The first kappa shape index (κ1) is 21.4. The van der Waals surface area contributed by atoms with Gasteiger partial charge in [0.25, 0.3) is 15.9 Å². The summed E-state index contributed by atoms with van der Waals surface area (Å²) in [6.45, 7) is 1.89. The van der Waals surface area contributed by atoms with Crippen LogP contribution < -0.4 is 4.31 Å². The van der Waals surface area contributed by atoms with Crippen molar-refractivity contribution in [2.24, 2.45) is 0 Å². The monoisotopic (exact) mass is 463 g/mol. The molecule has 1 amide bonds. The molecule has 0 aliphatic heterocycles. The minimum absolute atomic E-state index is 0.168. The molecule has 3 aromatic carbocycles. The molecule has 7 heteroatoms. The molecule has 5 rings (SSSR count). The van der Waals surface area contributed by atoms with Crippen LogP contribution in [-0.2, 0) is 22.9 Å². The summed E-state index contributed by atoms with van der Waals surface area (Å²) in [6, 6.07) is 16.2. The van der Waals surface area contributed by atoms with Crippen LogP contribution in [0.3, 0.4) is 0 Å². The van der Waals surface area contributed by atoms with Crippen LogP contribution >= 0.6 is 0 Å². The number of halogens is 1. The standard InChI is InChI=1S/C26H22FNO4S/c1-17-6-8-18(9-7-17)26(29)28(33(30,31)21-13-10-19(27)11-14-21)20-12-15-25-23(16-20)22-4-2-3-5-24(22)32-25/h6-16H,2-5H2,1H3. The van der Waals surface area contributed by atoms with Gasteiger partial charge in [0.1, 0.15) is 17.2 Å². The molecule has 0 fully saturated rings. The van der Waals surface area contributed by atoms with E-state index in [0.717, 1.165) is 64.4 Å². The zero-order chi connectivity index (χ0) is 23.2. The van der Waals surface area contributed by atoms with Gasteiger partial charge < -0.3 is 4.42 Å². The van der Waals surface area contributed by atoms with Crippen molar-refractivity contribution < 1.29 is 22.0 Å². The van der Waals surface area contributed by atoms with E-state index >= 15 is 0 Å². The van der Waals surface area contributed by atoms with E-state index in [1.165, 1.54) is 12.1 Å². The zero-order valence-corrected chi connectivity index (χ0v) is 18.9. The number of sulfonamides is 1. The molecule has 1 aliphatic rings. The quantitative estimate of drug-likeness (QED) is 0.384. The maximum atomic E-state index is 13.6. The topological polar surface area (TPSA) is 67.6 Å². The molecule has 0 saturated carbocycles. The Morgan fingerprint density at radius 3 is 2.36 bits per heavy atom. The summed E-state index contributed by atoms with van der Waals surface area (Å²) in [5.41, 5.74) is 3.14. The molecule has 0 saturated heterocycles. The van der Waals surface area contributed by atoms with Crippen molar-refractivity contribution in [1.29, 1.82) is 0 Å². The van der Waals surface area contributed by atoms with Gasteiger partial charge in [0.05, 0.1) is 10.6 Å². The number of furan rings is 1. The van der Waals surface area contributed by atoms with Crippen LogP contribution in [0.5, 0.6) is 0 Å². The number of carbonyl (C=O) groups excluding carboxylic acids is 1. The van der Waals surface area contributed by atoms with E-state index in [1.807, 2.05) is 6.92 Å². The smallest absolute Gasteiger partial charge is 0.272 e. The van der Waals surface area contributed by atoms with Crippen LogP contribution in [-0.4, -0.2) is 14.3 Å². The Bertz CT molecular complexity index is 1450. The highest BCUT2D eigenvalue weighted by Gasteiger charge is 2.33. The van der Waals surface area contributed by atoms with Gasteiger partial charge in [-0.2, -0.15) is 4.31 Å². The first-order valence-electron chi connectivity index (χ1n) is 10.8. The highest BCUT2D eigenvalue weighted by molar-refractivity contribution is 7.93. The Kier molecular flexibility index (Phi) is 5.29. The normalized spacial score (nSPS) is 13.6. The lowest BCUT2D eigenvalue weighted by atomic mass is 9.96. The summed E-state index contributed by atoms with van der Waals surface area (Å²) in [6.07, 6.45) is 3.78. The maximum absolute atomic E-state index is 13.6. The molecule has 0 N–H and O–H groups in total. The summed E-state index contributed by atoms with van der Waals surface area (Å²) >= 11 is 0. The van der Waals surface area contributed by atoms with E-state index in [9.17, 15) is 17.6 Å². The third-order valence-electron chi connectivity index (χ3n) is 6.01. The Balaban J connectivity index is 1.69. The van der Waals surface area contributed by atoms with Gasteiger partial charge in [-0.15, -0.1) is 0 Å². The van der Waals surface area contributed by atoms with Crippen LogP contribution in [0, 0.1) is 12.7 Å². The van der Waals surface area contributed by atoms with Gasteiger partial charge in [0.2, 0.25) is 0 Å². The SMILES string of the molecule is Cc1ccc(C(=O)N(c2ccc3oc4c(c3c2)CCCC4)S(=O)(=O)c2ccc(F)cc2)cc1. The van der Waals surface area contributed by atoms with Gasteiger partial charge in [-0.3, -0.25) is 4.79 Å². The molecular weight excluding hydrogens is 441 g/mol. The Morgan fingerprint density at radius 1 is 0.939 bits per heavy atom. The number of hydrogen-bond donors (Lipinski definition) is 0. The highest BCUT2D eigenvalue weighted by Crippen LogP contribution is 2.36. The number of benzene rings is 3. The molecule has 0 unspecified atom stereocenters. The van der Waals surface area contributed by atoms with Gasteiger partial charge in [-0.25, -0.2) is 12.8 Å². The van der Waals surface area contributed by atoms with Crippen LogP contribution in [0.2, 0.25) is 0 Å². The third kappa shape index (κ3) is 3.82. The summed E-state index contributed by atoms with van der Waals surface area (Å²) < 4.78 is 47.5. The average Bonchev–Trinajstić information content (AvgIpc) is 3.18.